The Hall–Kier alpha value is -0.820. The van der Waals surface area contributed by atoms with Crippen LogP contribution in [0.25, 0.3) is 0 Å². The van der Waals surface area contributed by atoms with Crippen molar-refractivity contribution in [1.82, 2.24) is 4.90 Å². The molecule has 1 heterocycles. The zero-order valence-electron chi connectivity index (χ0n) is 10.6. The number of aryl methyl sites for hydroxylation is 1. The van der Waals surface area contributed by atoms with E-state index in [0.717, 1.165) is 12.5 Å². The topological polar surface area (TPSA) is 3.24 Å². The molecule has 0 aromatic heterocycles. The van der Waals surface area contributed by atoms with Crippen molar-refractivity contribution in [3.8, 4) is 0 Å². The molecule has 0 spiro atoms. The number of rotatable bonds is 3. The molecule has 88 valence electrons. The molecular weight excluding hydrogens is 194 g/mol. The van der Waals surface area contributed by atoms with Crippen LogP contribution in [0.2, 0.25) is 0 Å². The highest BCUT2D eigenvalue weighted by Gasteiger charge is 2.18. The average molecular weight is 217 g/mol. The summed E-state index contributed by atoms with van der Waals surface area (Å²) in [5, 5.41) is 0. The Morgan fingerprint density at radius 2 is 2.00 bits per heavy atom. The molecule has 1 heteroatoms. The van der Waals surface area contributed by atoms with Crippen LogP contribution in [0.5, 0.6) is 0 Å². The summed E-state index contributed by atoms with van der Waals surface area (Å²) in [4.78, 5) is 2.61. The molecule has 1 aromatic carbocycles. The van der Waals surface area contributed by atoms with Crippen molar-refractivity contribution in [3.05, 3.63) is 35.4 Å². The van der Waals surface area contributed by atoms with E-state index < -0.39 is 0 Å². The standard InChI is InChI=1S/C15H23N/c1-3-14-5-4-10-16(11-14)12-15-8-6-13(2)7-9-15/h6-9,14H,3-5,10-12H2,1-2H3. The molecule has 1 aromatic rings. The summed E-state index contributed by atoms with van der Waals surface area (Å²) in [5.41, 5.74) is 2.82. The summed E-state index contributed by atoms with van der Waals surface area (Å²) < 4.78 is 0. The highest BCUT2D eigenvalue weighted by Crippen LogP contribution is 2.20. The number of likely N-dealkylation sites (tertiary alicyclic amines) is 1. The molecule has 0 bridgehead atoms. The lowest BCUT2D eigenvalue weighted by Crippen LogP contribution is -2.34. The van der Waals surface area contributed by atoms with Gasteiger partial charge in [-0.3, -0.25) is 4.90 Å². The van der Waals surface area contributed by atoms with E-state index in [1.165, 1.54) is 43.5 Å². The van der Waals surface area contributed by atoms with Gasteiger partial charge in [0.2, 0.25) is 0 Å². The number of nitrogens with zero attached hydrogens (tertiary/aromatic N) is 1. The van der Waals surface area contributed by atoms with Crippen molar-refractivity contribution in [1.29, 1.82) is 0 Å². The molecule has 0 N–H and O–H groups in total. The van der Waals surface area contributed by atoms with Crippen LogP contribution in [0, 0.1) is 12.8 Å². The van der Waals surface area contributed by atoms with Crippen LogP contribution in [-0.2, 0) is 6.54 Å². The molecule has 1 aliphatic heterocycles. The Labute approximate surface area is 99.5 Å². The maximum Gasteiger partial charge on any atom is 0.0233 e. The lowest BCUT2D eigenvalue weighted by Gasteiger charge is -2.32. The summed E-state index contributed by atoms with van der Waals surface area (Å²) >= 11 is 0. The molecule has 16 heavy (non-hydrogen) atoms. The van der Waals surface area contributed by atoms with Crippen molar-refractivity contribution in [2.24, 2.45) is 5.92 Å². The molecule has 1 saturated heterocycles. The van der Waals surface area contributed by atoms with Gasteiger partial charge in [-0.1, -0.05) is 43.2 Å². The third-order valence-electron chi connectivity index (χ3n) is 3.71. The van der Waals surface area contributed by atoms with E-state index in [-0.39, 0.29) is 0 Å². The largest absolute Gasteiger partial charge is 0.299 e. The molecule has 1 nitrogen and oxygen atoms in total. The van der Waals surface area contributed by atoms with Gasteiger partial charge in [-0.2, -0.15) is 0 Å². The number of hydrogen-bond acceptors (Lipinski definition) is 1. The highest BCUT2D eigenvalue weighted by molar-refractivity contribution is 5.21. The van der Waals surface area contributed by atoms with Crippen LogP contribution >= 0.6 is 0 Å². The molecule has 0 saturated carbocycles. The van der Waals surface area contributed by atoms with E-state index in [0.29, 0.717) is 0 Å². The maximum absolute atomic E-state index is 2.61. The maximum atomic E-state index is 2.61. The lowest BCUT2D eigenvalue weighted by molar-refractivity contribution is 0.165. The van der Waals surface area contributed by atoms with Crippen LogP contribution < -0.4 is 0 Å². The SMILES string of the molecule is CCC1CCCN(Cc2ccc(C)cc2)C1. The van der Waals surface area contributed by atoms with E-state index in [2.05, 4.69) is 43.0 Å². The molecule has 0 amide bonds. The van der Waals surface area contributed by atoms with Crippen LogP contribution in [0.3, 0.4) is 0 Å². The molecule has 1 aliphatic rings. The summed E-state index contributed by atoms with van der Waals surface area (Å²) in [5.74, 6) is 0.930. The molecule has 1 fully saturated rings. The monoisotopic (exact) mass is 217 g/mol. The lowest BCUT2D eigenvalue weighted by atomic mass is 9.95. The van der Waals surface area contributed by atoms with Crippen LogP contribution in [0.4, 0.5) is 0 Å². The quantitative estimate of drug-likeness (QED) is 0.747. The third-order valence-corrected chi connectivity index (χ3v) is 3.71. The third kappa shape index (κ3) is 3.08. The van der Waals surface area contributed by atoms with Crippen molar-refractivity contribution < 1.29 is 0 Å². The predicted octanol–water partition coefficient (Wildman–Crippen LogP) is 3.62. The minimum Gasteiger partial charge on any atom is -0.299 e. The first-order chi connectivity index (χ1) is 7.78. The van der Waals surface area contributed by atoms with Crippen molar-refractivity contribution in [2.75, 3.05) is 13.1 Å². The normalized spacial score (nSPS) is 22.2. The van der Waals surface area contributed by atoms with Gasteiger partial charge in [0, 0.05) is 13.1 Å². The van der Waals surface area contributed by atoms with Crippen molar-refractivity contribution in [3.63, 3.8) is 0 Å². The summed E-state index contributed by atoms with van der Waals surface area (Å²) in [6, 6.07) is 8.98. The van der Waals surface area contributed by atoms with Gasteiger partial charge in [0.25, 0.3) is 0 Å². The second kappa shape index (κ2) is 5.49. The minimum absolute atomic E-state index is 0.930. The van der Waals surface area contributed by atoms with E-state index >= 15 is 0 Å². The smallest absolute Gasteiger partial charge is 0.0233 e. The van der Waals surface area contributed by atoms with Gasteiger partial charge in [0.15, 0.2) is 0 Å². The van der Waals surface area contributed by atoms with E-state index in [1.54, 1.807) is 0 Å². The zero-order chi connectivity index (χ0) is 11.4. The Bertz CT molecular complexity index is 315. The molecule has 2 rings (SSSR count). The van der Waals surface area contributed by atoms with Gasteiger partial charge < -0.3 is 0 Å². The fraction of sp³-hybridized carbons (Fsp3) is 0.600. The van der Waals surface area contributed by atoms with Gasteiger partial charge in [-0.25, -0.2) is 0 Å². The summed E-state index contributed by atoms with van der Waals surface area (Å²) in [7, 11) is 0. The van der Waals surface area contributed by atoms with Crippen LogP contribution in [0.1, 0.15) is 37.3 Å². The van der Waals surface area contributed by atoms with Crippen molar-refractivity contribution >= 4 is 0 Å². The molecule has 1 unspecified atom stereocenters. The Kier molecular flexibility index (Phi) is 4.00. The fourth-order valence-electron chi connectivity index (χ4n) is 2.58. The van der Waals surface area contributed by atoms with Crippen LogP contribution in [0.15, 0.2) is 24.3 Å². The average Bonchev–Trinajstić information content (AvgIpc) is 2.32. The summed E-state index contributed by atoms with van der Waals surface area (Å²) in [6.07, 6.45) is 4.15. The van der Waals surface area contributed by atoms with Gasteiger partial charge in [-0.05, 0) is 37.8 Å². The van der Waals surface area contributed by atoms with Crippen LogP contribution in [-0.4, -0.2) is 18.0 Å². The van der Waals surface area contributed by atoms with Gasteiger partial charge in [-0.15, -0.1) is 0 Å². The second-order valence-electron chi connectivity index (χ2n) is 5.14. The predicted molar refractivity (Wildman–Crippen MR) is 69.5 cm³/mol. The number of piperidine rings is 1. The first-order valence-corrected chi connectivity index (χ1v) is 6.56. The van der Waals surface area contributed by atoms with Gasteiger partial charge >= 0.3 is 0 Å². The zero-order valence-corrected chi connectivity index (χ0v) is 10.6. The Balaban J connectivity index is 1.91. The minimum atomic E-state index is 0.930. The molecule has 0 radical (unpaired) electrons. The van der Waals surface area contributed by atoms with Gasteiger partial charge in [0.1, 0.15) is 0 Å². The Morgan fingerprint density at radius 3 is 2.69 bits per heavy atom. The van der Waals surface area contributed by atoms with E-state index in [9.17, 15) is 0 Å². The number of benzene rings is 1. The van der Waals surface area contributed by atoms with Crippen molar-refractivity contribution in [2.45, 2.75) is 39.7 Å². The Morgan fingerprint density at radius 1 is 1.25 bits per heavy atom. The van der Waals surface area contributed by atoms with E-state index in [1.807, 2.05) is 0 Å². The second-order valence-corrected chi connectivity index (χ2v) is 5.14. The number of hydrogen-bond donors (Lipinski definition) is 0. The molecular formula is C15H23N. The summed E-state index contributed by atoms with van der Waals surface area (Å²) in [6.45, 7) is 8.18. The first-order valence-electron chi connectivity index (χ1n) is 6.56. The van der Waals surface area contributed by atoms with E-state index in [4.69, 9.17) is 0 Å². The first kappa shape index (κ1) is 11.7. The highest BCUT2D eigenvalue weighted by atomic mass is 15.1. The molecule has 1 atom stereocenters. The molecule has 0 aliphatic carbocycles. The van der Waals surface area contributed by atoms with Gasteiger partial charge in [0.05, 0.1) is 0 Å². The fourth-order valence-corrected chi connectivity index (χ4v) is 2.58.